The third-order valence-electron chi connectivity index (χ3n) is 4.86. The third kappa shape index (κ3) is 4.26. The van der Waals surface area contributed by atoms with Gasteiger partial charge in [-0.25, -0.2) is 8.78 Å². The van der Waals surface area contributed by atoms with E-state index >= 15 is 0 Å². The third-order valence-corrected chi connectivity index (χ3v) is 4.86. The Kier molecular flexibility index (Phi) is 6.70. The molecule has 0 unspecified atom stereocenters. The van der Waals surface area contributed by atoms with Crippen LogP contribution < -0.4 is 4.74 Å². The van der Waals surface area contributed by atoms with Crippen molar-refractivity contribution < 1.29 is 22.7 Å². The number of amides is 1. The van der Waals surface area contributed by atoms with Gasteiger partial charge in [-0.05, 0) is 18.9 Å². The lowest BCUT2D eigenvalue weighted by Crippen LogP contribution is -2.52. The van der Waals surface area contributed by atoms with E-state index in [0.717, 1.165) is 39.1 Å². The number of rotatable bonds is 6. The fraction of sp³-hybridized carbons (Fsp3) is 0.611. The summed E-state index contributed by atoms with van der Waals surface area (Å²) >= 11 is 0. The van der Waals surface area contributed by atoms with Gasteiger partial charge in [0.15, 0.2) is 17.4 Å². The average Bonchev–Trinajstić information content (AvgIpc) is 2.61. The van der Waals surface area contributed by atoms with Crippen molar-refractivity contribution in [1.29, 1.82) is 0 Å². The van der Waals surface area contributed by atoms with Gasteiger partial charge in [0.1, 0.15) is 0 Å². The van der Waals surface area contributed by atoms with Gasteiger partial charge in [0.05, 0.1) is 13.5 Å². The first-order chi connectivity index (χ1) is 11.9. The molecule has 0 spiro atoms. The minimum absolute atomic E-state index is 0.289. The SMILES string of the molecule is CCC(CC)N1CCN(C(=O)Cc2cc(F)c(OC)c(F)c2F)CC1. The van der Waals surface area contributed by atoms with Crippen LogP contribution in [-0.4, -0.2) is 55.0 Å². The summed E-state index contributed by atoms with van der Waals surface area (Å²) in [6.07, 6.45) is 1.74. The Bertz CT molecular complexity index is 613. The second kappa shape index (κ2) is 8.56. The molecule has 1 aliphatic rings. The number of hydrogen-bond donors (Lipinski definition) is 0. The summed E-state index contributed by atoms with van der Waals surface area (Å²) < 4.78 is 46.0. The minimum atomic E-state index is -1.40. The van der Waals surface area contributed by atoms with Crippen LogP contribution in [0.25, 0.3) is 0 Å². The van der Waals surface area contributed by atoms with Crippen LogP contribution in [0.4, 0.5) is 13.2 Å². The van der Waals surface area contributed by atoms with Crippen molar-refractivity contribution in [3.8, 4) is 5.75 Å². The van der Waals surface area contributed by atoms with Gasteiger partial charge in [-0.15, -0.1) is 0 Å². The minimum Gasteiger partial charge on any atom is -0.491 e. The van der Waals surface area contributed by atoms with E-state index in [-0.39, 0.29) is 17.9 Å². The molecule has 25 heavy (non-hydrogen) atoms. The standard InChI is InChI=1S/C18H25F3N2O2/c1-4-13(5-2)22-6-8-23(9-7-22)15(24)11-12-10-14(19)18(25-3)17(21)16(12)20/h10,13H,4-9,11H2,1-3H3. The number of methoxy groups -OCH3 is 1. The summed E-state index contributed by atoms with van der Waals surface area (Å²) in [5, 5.41) is 0. The maximum Gasteiger partial charge on any atom is 0.227 e. The lowest BCUT2D eigenvalue weighted by Gasteiger charge is -2.39. The van der Waals surface area contributed by atoms with Crippen molar-refractivity contribution in [2.24, 2.45) is 0 Å². The van der Waals surface area contributed by atoms with Gasteiger partial charge >= 0.3 is 0 Å². The summed E-state index contributed by atoms with van der Waals surface area (Å²) in [4.78, 5) is 16.3. The Morgan fingerprint density at radius 2 is 1.72 bits per heavy atom. The monoisotopic (exact) mass is 358 g/mol. The molecule has 0 N–H and O–H groups in total. The average molecular weight is 358 g/mol. The zero-order valence-corrected chi connectivity index (χ0v) is 14.9. The van der Waals surface area contributed by atoms with Crippen LogP contribution in [0.15, 0.2) is 6.07 Å². The highest BCUT2D eigenvalue weighted by molar-refractivity contribution is 5.79. The predicted molar refractivity (Wildman–Crippen MR) is 89.1 cm³/mol. The maximum absolute atomic E-state index is 14.0. The van der Waals surface area contributed by atoms with Crippen LogP contribution in [0.2, 0.25) is 0 Å². The van der Waals surface area contributed by atoms with E-state index in [1.165, 1.54) is 0 Å². The van der Waals surface area contributed by atoms with Gasteiger partial charge in [-0.2, -0.15) is 4.39 Å². The van der Waals surface area contributed by atoms with Gasteiger partial charge in [0.2, 0.25) is 11.7 Å². The molecule has 0 aliphatic carbocycles. The van der Waals surface area contributed by atoms with Crippen molar-refractivity contribution >= 4 is 5.91 Å². The molecule has 140 valence electrons. The number of ether oxygens (including phenoxy) is 1. The molecule has 1 heterocycles. The van der Waals surface area contributed by atoms with E-state index in [9.17, 15) is 18.0 Å². The molecule has 0 atom stereocenters. The summed E-state index contributed by atoms with van der Waals surface area (Å²) in [6, 6.07) is 1.33. The van der Waals surface area contributed by atoms with E-state index in [1.807, 2.05) is 0 Å². The van der Waals surface area contributed by atoms with Crippen LogP contribution in [0.1, 0.15) is 32.3 Å². The number of benzene rings is 1. The summed E-state index contributed by atoms with van der Waals surface area (Å²) in [5.41, 5.74) is -0.289. The van der Waals surface area contributed by atoms with Gasteiger partial charge in [-0.3, -0.25) is 9.69 Å². The first-order valence-electron chi connectivity index (χ1n) is 8.65. The molecule has 1 aromatic rings. The smallest absolute Gasteiger partial charge is 0.227 e. The fourth-order valence-electron chi connectivity index (χ4n) is 3.36. The Morgan fingerprint density at radius 1 is 1.12 bits per heavy atom. The molecule has 2 rings (SSSR count). The number of carbonyl (C=O) groups is 1. The van der Waals surface area contributed by atoms with Gasteiger partial charge in [0.25, 0.3) is 0 Å². The first-order valence-corrected chi connectivity index (χ1v) is 8.65. The molecule has 1 saturated heterocycles. The van der Waals surface area contributed by atoms with Crippen LogP contribution in [0.5, 0.6) is 5.75 Å². The van der Waals surface area contributed by atoms with Crippen LogP contribution in [0.3, 0.4) is 0 Å². The molecule has 1 aliphatic heterocycles. The quantitative estimate of drug-likeness (QED) is 0.733. The molecule has 0 bridgehead atoms. The molecule has 1 fully saturated rings. The maximum atomic E-state index is 14.0. The highest BCUT2D eigenvalue weighted by Gasteiger charge is 2.26. The van der Waals surface area contributed by atoms with Gasteiger partial charge in [-0.1, -0.05) is 13.8 Å². The molecule has 1 aromatic carbocycles. The van der Waals surface area contributed by atoms with Gasteiger partial charge in [0, 0.05) is 37.8 Å². The molecule has 0 saturated carbocycles. The van der Waals surface area contributed by atoms with Crippen molar-refractivity contribution in [3.05, 3.63) is 29.1 Å². The van der Waals surface area contributed by atoms with E-state index in [1.54, 1.807) is 4.90 Å². The van der Waals surface area contributed by atoms with Gasteiger partial charge < -0.3 is 9.64 Å². The molecule has 0 radical (unpaired) electrons. The second-order valence-electron chi connectivity index (χ2n) is 6.24. The molecule has 4 nitrogen and oxygen atoms in total. The number of nitrogens with zero attached hydrogens (tertiary/aromatic N) is 2. The second-order valence-corrected chi connectivity index (χ2v) is 6.24. The summed E-state index contributed by atoms with van der Waals surface area (Å²) in [6.45, 7) is 6.87. The Hall–Kier alpha value is -1.76. The lowest BCUT2D eigenvalue weighted by molar-refractivity contribution is -0.132. The van der Waals surface area contributed by atoms with Crippen molar-refractivity contribution in [2.75, 3.05) is 33.3 Å². The molecular formula is C18H25F3N2O2. The highest BCUT2D eigenvalue weighted by Crippen LogP contribution is 2.27. The van der Waals surface area contributed by atoms with Crippen LogP contribution in [0, 0.1) is 17.5 Å². The summed E-state index contributed by atoms with van der Waals surface area (Å²) in [7, 11) is 1.06. The zero-order chi connectivity index (χ0) is 18.6. The predicted octanol–water partition coefficient (Wildman–Crippen LogP) is 2.99. The lowest BCUT2D eigenvalue weighted by atomic mass is 10.1. The largest absolute Gasteiger partial charge is 0.491 e. The number of carbonyl (C=O) groups excluding carboxylic acids is 1. The Balaban J connectivity index is 2.02. The van der Waals surface area contributed by atoms with Crippen LogP contribution in [-0.2, 0) is 11.2 Å². The highest BCUT2D eigenvalue weighted by atomic mass is 19.2. The Labute approximate surface area is 146 Å². The molecule has 1 amide bonds. The summed E-state index contributed by atoms with van der Waals surface area (Å²) in [5.74, 6) is -4.74. The van der Waals surface area contributed by atoms with Crippen molar-refractivity contribution in [2.45, 2.75) is 39.2 Å². The topological polar surface area (TPSA) is 32.8 Å². The molecule has 0 aromatic heterocycles. The molecule has 7 heteroatoms. The van der Waals surface area contributed by atoms with E-state index in [0.29, 0.717) is 19.1 Å². The van der Waals surface area contributed by atoms with Crippen LogP contribution >= 0.6 is 0 Å². The zero-order valence-electron chi connectivity index (χ0n) is 14.9. The van der Waals surface area contributed by atoms with E-state index in [4.69, 9.17) is 0 Å². The molecular weight excluding hydrogens is 333 g/mol. The number of piperazine rings is 1. The Morgan fingerprint density at radius 3 is 2.24 bits per heavy atom. The normalized spacial score (nSPS) is 15.7. The van der Waals surface area contributed by atoms with E-state index < -0.39 is 23.2 Å². The fourth-order valence-corrected chi connectivity index (χ4v) is 3.36. The van der Waals surface area contributed by atoms with Crippen molar-refractivity contribution in [1.82, 2.24) is 9.80 Å². The number of hydrogen-bond acceptors (Lipinski definition) is 3. The van der Waals surface area contributed by atoms with E-state index in [2.05, 4.69) is 23.5 Å². The van der Waals surface area contributed by atoms with Crippen molar-refractivity contribution in [3.63, 3.8) is 0 Å². The number of halogens is 3. The first kappa shape index (κ1) is 19.6.